The first-order valence-electron chi connectivity index (χ1n) is 6.38. The second kappa shape index (κ2) is 5.65. The van der Waals surface area contributed by atoms with Crippen LogP contribution in [0.3, 0.4) is 0 Å². The lowest BCUT2D eigenvalue weighted by atomic mass is 9.84. The van der Waals surface area contributed by atoms with E-state index in [0.29, 0.717) is 0 Å². The zero-order chi connectivity index (χ0) is 13.9. The first-order chi connectivity index (χ1) is 9.04. The fraction of sp³-hybridized carbons (Fsp3) is 0.429. The molecule has 0 amide bonds. The first-order valence-corrected chi connectivity index (χ1v) is 7.15. The van der Waals surface area contributed by atoms with Crippen LogP contribution in [0.5, 0.6) is 0 Å². The Bertz CT molecular complexity index is 534. The van der Waals surface area contributed by atoms with Crippen molar-refractivity contribution in [2.75, 3.05) is 11.9 Å². The van der Waals surface area contributed by atoms with Crippen molar-refractivity contribution in [3.05, 3.63) is 41.5 Å². The van der Waals surface area contributed by atoms with Crippen molar-refractivity contribution in [1.29, 1.82) is 0 Å². The number of halogens is 1. The van der Waals surface area contributed by atoms with E-state index < -0.39 is 0 Å². The topological polar surface area (TPSA) is 37.8 Å². The Kier molecular flexibility index (Phi) is 4.14. The maximum absolute atomic E-state index is 13.0. The van der Waals surface area contributed by atoms with E-state index in [-0.39, 0.29) is 11.2 Å². The van der Waals surface area contributed by atoms with Gasteiger partial charge in [0, 0.05) is 18.1 Å². The summed E-state index contributed by atoms with van der Waals surface area (Å²) in [4.78, 5) is 4.52. The Labute approximate surface area is 117 Å². The fourth-order valence-corrected chi connectivity index (χ4v) is 2.51. The van der Waals surface area contributed by atoms with Crippen molar-refractivity contribution in [3.63, 3.8) is 0 Å². The highest BCUT2D eigenvalue weighted by Gasteiger charge is 2.27. The van der Waals surface area contributed by atoms with E-state index in [1.165, 1.54) is 23.7 Å². The molecule has 0 radical (unpaired) electrons. The molecule has 0 bridgehead atoms. The van der Waals surface area contributed by atoms with Gasteiger partial charge in [-0.2, -0.15) is 4.37 Å². The molecule has 1 heterocycles. The summed E-state index contributed by atoms with van der Waals surface area (Å²) in [6.45, 7) is 7.10. The average molecular weight is 279 g/mol. The van der Waals surface area contributed by atoms with Gasteiger partial charge in [-0.05, 0) is 38.0 Å². The summed E-state index contributed by atoms with van der Waals surface area (Å²) in [5.41, 5.74) is 0.685. The molecule has 1 N–H and O–H groups in total. The van der Waals surface area contributed by atoms with Gasteiger partial charge < -0.3 is 5.32 Å². The van der Waals surface area contributed by atoms with Gasteiger partial charge in [-0.1, -0.05) is 19.1 Å². The van der Waals surface area contributed by atoms with Crippen LogP contribution >= 0.6 is 11.5 Å². The van der Waals surface area contributed by atoms with E-state index in [2.05, 4.69) is 21.6 Å². The maximum Gasteiger partial charge on any atom is 0.202 e. The number of hydrogen-bond acceptors (Lipinski definition) is 4. The molecule has 0 aliphatic carbocycles. The van der Waals surface area contributed by atoms with Gasteiger partial charge in [0.15, 0.2) is 5.82 Å². The van der Waals surface area contributed by atoms with E-state index in [9.17, 15) is 4.39 Å². The van der Waals surface area contributed by atoms with Crippen LogP contribution in [-0.2, 0) is 5.41 Å². The van der Waals surface area contributed by atoms with E-state index in [4.69, 9.17) is 0 Å². The lowest BCUT2D eigenvalue weighted by Gasteiger charge is -2.21. The predicted octanol–water partition coefficient (Wildman–Crippen LogP) is 3.83. The molecule has 0 spiro atoms. The number of nitrogens with zero attached hydrogens (tertiary/aromatic N) is 2. The zero-order valence-electron chi connectivity index (χ0n) is 11.4. The SMILES string of the molecule is CCCNc1nc(C(C)(C)c2ccc(F)cc2)ns1. The molecule has 0 saturated carbocycles. The largest absolute Gasteiger partial charge is 0.360 e. The van der Waals surface area contributed by atoms with Gasteiger partial charge >= 0.3 is 0 Å². The predicted molar refractivity (Wildman–Crippen MR) is 77.2 cm³/mol. The van der Waals surface area contributed by atoms with Crippen LogP contribution in [-0.4, -0.2) is 15.9 Å². The molecule has 3 nitrogen and oxygen atoms in total. The number of rotatable bonds is 5. The Morgan fingerprint density at radius 1 is 1.26 bits per heavy atom. The van der Waals surface area contributed by atoms with Gasteiger partial charge in [0.1, 0.15) is 5.82 Å². The van der Waals surface area contributed by atoms with Gasteiger partial charge in [0.25, 0.3) is 0 Å². The lowest BCUT2D eigenvalue weighted by molar-refractivity contribution is 0.592. The Morgan fingerprint density at radius 3 is 2.58 bits per heavy atom. The van der Waals surface area contributed by atoms with Crippen LogP contribution < -0.4 is 5.32 Å². The molecule has 0 aliphatic heterocycles. The van der Waals surface area contributed by atoms with Crippen molar-refractivity contribution in [2.45, 2.75) is 32.6 Å². The molecule has 1 aromatic carbocycles. The third-order valence-electron chi connectivity index (χ3n) is 3.08. The highest BCUT2D eigenvalue weighted by molar-refractivity contribution is 7.09. The normalized spacial score (nSPS) is 11.6. The minimum atomic E-state index is -0.323. The number of hydrogen-bond donors (Lipinski definition) is 1. The lowest BCUT2D eigenvalue weighted by Crippen LogP contribution is -2.20. The molecule has 2 aromatic rings. The van der Waals surface area contributed by atoms with Gasteiger partial charge in [-0.15, -0.1) is 0 Å². The molecule has 19 heavy (non-hydrogen) atoms. The minimum absolute atomic E-state index is 0.226. The van der Waals surface area contributed by atoms with Crippen LogP contribution in [0.2, 0.25) is 0 Å². The van der Waals surface area contributed by atoms with E-state index in [0.717, 1.165) is 29.5 Å². The molecule has 2 rings (SSSR count). The highest BCUT2D eigenvalue weighted by Crippen LogP contribution is 2.31. The van der Waals surface area contributed by atoms with Gasteiger partial charge in [0.2, 0.25) is 5.13 Å². The second-order valence-corrected chi connectivity index (χ2v) is 5.73. The summed E-state index contributed by atoms with van der Waals surface area (Å²) in [6, 6.07) is 6.52. The average Bonchev–Trinajstić information content (AvgIpc) is 2.86. The number of benzene rings is 1. The van der Waals surface area contributed by atoms with Crippen molar-refractivity contribution in [2.24, 2.45) is 0 Å². The van der Waals surface area contributed by atoms with Crippen LogP contribution in [0.25, 0.3) is 0 Å². The van der Waals surface area contributed by atoms with Crippen molar-refractivity contribution in [3.8, 4) is 0 Å². The third kappa shape index (κ3) is 3.10. The molecule has 1 aromatic heterocycles. The van der Waals surface area contributed by atoms with Crippen molar-refractivity contribution >= 4 is 16.7 Å². The number of aromatic nitrogens is 2. The molecule has 0 unspecified atom stereocenters. The van der Waals surface area contributed by atoms with Crippen molar-refractivity contribution < 1.29 is 4.39 Å². The Morgan fingerprint density at radius 2 is 1.95 bits per heavy atom. The van der Waals surface area contributed by atoms with Crippen LogP contribution in [0, 0.1) is 5.82 Å². The van der Waals surface area contributed by atoms with Crippen LogP contribution in [0.15, 0.2) is 24.3 Å². The summed E-state index contributed by atoms with van der Waals surface area (Å²) in [6.07, 6.45) is 1.05. The quantitative estimate of drug-likeness (QED) is 0.904. The highest BCUT2D eigenvalue weighted by atomic mass is 32.1. The smallest absolute Gasteiger partial charge is 0.202 e. The van der Waals surface area contributed by atoms with E-state index in [1.54, 1.807) is 12.1 Å². The molecular formula is C14H18FN3S. The van der Waals surface area contributed by atoms with Crippen molar-refractivity contribution in [1.82, 2.24) is 9.36 Å². The molecule has 5 heteroatoms. The fourth-order valence-electron chi connectivity index (χ4n) is 1.78. The minimum Gasteiger partial charge on any atom is -0.360 e. The summed E-state index contributed by atoms with van der Waals surface area (Å²) < 4.78 is 17.4. The van der Waals surface area contributed by atoms with Gasteiger partial charge in [-0.25, -0.2) is 9.37 Å². The van der Waals surface area contributed by atoms with E-state index in [1.807, 2.05) is 13.8 Å². The summed E-state index contributed by atoms with van der Waals surface area (Å²) >= 11 is 1.37. The molecule has 0 fully saturated rings. The molecule has 0 aliphatic rings. The third-order valence-corrected chi connectivity index (χ3v) is 3.75. The van der Waals surface area contributed by atoms with Gasteiger partial charge in [-0.3, -0.25) is 0 Å². The van der Waals surface area contributed by atoms with Crippen LogP contribution in [0.4, 0.5) is 9.52 Å². The van der Waals surface area contributed by atoms with Crippen LogP contribution in [0.1, 0.15) is 38.6 Å². The monoisotopic (exact) mass is 279 g/mol. The standard InChI is InChI=1S/C14H18FN3S/c1-4-9-16-13-17-12(18-19-13)14(2,3)10-5-7-11(15)8-6-10/h5-8H,4,9H2,1-3H3,(H,16,17,18). The number of anilines is 1. The molecule has 102 valence electrons. The van der Waals surface area contributed by atoms with Gasteiger partial charge in [0.05, 0.1) is 5.41 Å². The zero-order valence-corrected chi connectivity index (χ0v) is 12.2. The number of nitrogens with one attached hydrogen (secondary N) is 1. The molecule has 0 saturated heterocycles. The summed E-state index contributed by atoms with van der Waals surface area (Å²) in [5, 5.41) is 4.07. The molecular weight excluding hydrogens is 261 g/mol. The maximum atomic E-state index is 13.0. The van der Waals surface area contributed by atoms with E-state index >= 15 is 0 Å². The first kappa shape index (κ1) is 13.9. The molecule has 0 atom stereocenters. The summed E-state index contributed by atoms with van der Waals surface area (Å²) in [5.74, 6) is 0.541. The second-order valence-electron chi connectivity index (χ2n) is 4.98. The summed E-state index contributed by atoms with van der Waals surface area (Å²) in [7, 11) is 0. The Balaban J connectivity index is 2.23. The Hall–Kier alpha value is -1.49.